The van der Waals surface area contributed by atoms with Crippen LogP contribution in [0.2, 0.25) is 78.6 Å². The number of benzene rings is 4. The minimum absolute atomic E-state index is 0. The van der Waals surface area contributed by atoms with Gasteiger partial charge in [0.25, 0.3) is 0 Å². The van der Waals surface area contributed by atoms with Crippen molar-refractivity contribution in [2.75, 3.05) is 0 Å². The van der Waals surface area contributed by atoms with Crippen LogP contribution in [0.5, 0.6) is 0 Å². The fourth-order valence-corrected chi connectivity index (χ4v) is 31.4. The molecule has 8 rings (SSSR count). The third kappa shape index (κ3) is 8.52. The van der Waals surface area contributed by atoms with Crippen LogP contribution in [0.3, 0.4) is 0 Å². The first-order valence-corrected chi connectivity index (χ1v) is 36.4. The van der Waals surface area contributed by atoms with E-state index in [0.29, 0.717) is 11.8 Å². The van der Waals surface area contributed by atoms with Gasteiger partial charge in [-0.1, -0.05) is 97.1 Å². The molecule has 0 saturated carbocycles. The van der Waals surface area contributed by atoms with Crippen molar-refractivity contribution in [2.24, 2.45) is 0 Å². The molecule has 0 N–H and O–H groups in total. The Morgan fingerprint density at radius 1 is 0.382 bits per heavy atom. The topological polar surface area (TPSA) is 0 Å². The number of hydrogen-bond donors (Lipinski definition) is 0. The molecule has 4 aromatic carbocycles. The van der Waals surface area contributed by atoms with E-state index in [2.05, 4.69) is 188 Å². The van der Waals surface area contributed by atoms with Crippen LogP contribution in [-0.2, 0) is 23.2 Å². The summed E-state index contributed by atoms with van der Waals surface area (Å²) in [4.78, 5) is 0. The summed E-state index contributed by atoms with van der Waals surface area (Å²) in [6, 6.07) is 35.8. The van der Waals surface area contributed by atoms with Crippen molar-refractivity contribution in [1.29, 1.82) is 0 Å². The SMILES string of the molecule is C[Si](C)(C)C1=CC[C]([Zr+2][C]2=C([Si](C)(C)C)C([Si](C)(C)C)=CC2)=C1[Si](C)(C)C.[Cl-].[Cl-].c1ccc2c(c1)-c1ccccc1C2C1c2ccccc2-c2ccccc21. The molecule has 0 aliphatic heterocycles. The Kier molecular flexibility index (Phi) is 13.2. The predicted octanol–water partition coefficient (Wildman–Crippen LogP) is 8.37. The largest absolute Gasteiger partial charge is 1.00 e. The quantitative estimate of drug-likeness (QED) is 0.164. The third-order valence-electron chi connectivity index (χ3n) is 11.7. The zero-order valence-corrected chi connectivity index (χ0v) is 43.2. The van der Waals surface area contributed by atoms with Gasteiger partial charge in [-0.15, -0.1) is 0 Å². The van der Waals surface area contributed by atoms with Crippen molar-refractivity contribution in [2.45, 2.75) is 103 Å². The van der Waals surface area contributed by atoms with Crippen molar-refractivity contribution >= 4 is 32.3 Å². The fraction of sp³-hybridized carbons (Fsp3) is 0.333. The summed E-state index contributed by atoms with van der Waals surface area (Å²) in [5.74, 6) is 0.763. The van der Waals surface area contributed by atoms with Crippen LogP contribution in [0.1, 0.15) is 46.9 Å². The summed E-state index contributed by atoms with van der Waals surface area (Å²) in [5, 5.41) is 7.53. The first-order chi connectivity index (χ1) is 24.9. The standard InChI is InChI=1S/C26H18.2C11H21Si2.2ClH.Zr/c1-5-13-21-17(9-1)18-10-2-6-14-22(18)25(21)26-23-15-7-3-11-19(23)20-12-4-8-16-24(20)26;2*1-12(2,3)10-8-7-9-11(10)13(4,5)6;;;/h1-16,25-26H;2*8H,7H2,1-6H3;2*1H;/q;;;;;+2/p-2. The molecule has 0 aromatic heterocycles. The van der Waals surface area contributed by atoms with E-state index in [0.717, 1.165) is 0 Å². The predicted molar refractivity (Wildman–Crippen MR) is 240 cm³/mol. The normalized spacial score (nSPS) is 16.5. The van der Waals surface area contributed by atoms with E-state index in [1.807, 2.05) is 27.3 Å². The molecule has 4 aliphatic carbocycles. The molecular weight excluding hydrogens is 851 g/mol. The van der Waals surface area contributed by atoms with E-state index in [1.54, 1.807) is 0 Å². The smallest absolute Gasteiger partial charge is 0.0211 e. The van der Waals surface area contributed by atoms with Gasteiger partial charge in [0.1, 0.15) is 0 Å². The van der Waals surface area contributed by atoms with E-state index in [-0.39, 0.29) is 24.8 Å². The molecule has 4 aliphatic rings. The van der Waals surface area contributed by atoms with Gasteiger partial charge in [-0.2, -0.15) is 0 Å². The van der Waals surface area contributed by atoms with Crippen molar-refractivity contribution in [1.82, 2.24) is 0 Å². The maximum absolute atomic E-state index is 2.67. The number of rotatable bonds is 7. The van der Waals surface area contributed by atoms with Gasteiger partial charge in [-0.25, -0.2) is 0 Å². The van der Waals surface area contributed by atoms with E-state index >= 15 is 0 Å². The molecule has 0 amide bonds. The molecule has 0 atom stereocenters. The summed E-state index contributed by atoms with van der Waals surface area (Å²) in [5.41, 5.74) is 11.4. The summed E-state index contributed by atoms with van der Waals surface area (Å²) in [6.07, 6.45) is 7.95. The van der Waals surface area contributed by atoms with Gasteiger partial charge < -0.3 is 24.8 Å². The maximum atomic E-state index is 2.67. The summed E-state index contributed by atoms with van der Waals surface area (Å²) < 4.78 is 3.93. The molecule has 55 heavy (non-hydrogen) atoms. The monoisotopic (exact) mass is 908 g/mol. The molecule has 7 heteroatoms. The summed E-state index contributed by atoms with van der Waals surface area (Å²) in [7, 11) is -5.05. The molecule has 0 unspecified atom stereocenters. The zero-order valence-electron chi connectivity index (χ0n) is 35.2. The van der Waals surface area contributed by atoms with Gasteiger partial charge in [0.15, 0.2) is 0 Å². The Morgan fingerprint density at radius 3 is 0.873 bits per heavy atom. The van der Waals surface area contributed by atoms with E-state index in [9.17, 15) is 0 Å². The molecule has 0 saturated heterocycles. The Hall–Kier alpha value is -1.83. The minimum Gasteiger partial charge on any atom is -1.00 e. The minimum atomic E-state index is -1.28. The molecule has 0 nitrogen and oxygen atoms in total. The van der Waals surface area contributed by atoms with Crippen LogP contribution in [-0.4, -0.2) is 32.3 Å². The Morgan fingerprint density at radius 2 is 0.636 bits per heavy atom. The zero-order chi connectivity index (χ0) is 38.1. The molecule has 4 aromatic rings. The number of fused-ring (bicyclic) bond motifs is 6. The van der Waals surface area contributed by atoms with Crippen LogP contribution >= 0.6 is 0 Å². The second kappa shape index (κ2) is 16.4. The Balaban J connectivity index is 0.000000203. The Labute approximate surface area is 361 Å². The fourth-order valence-electron chi connectivity index (χ4n) is 9.73. The average molecular weight is 911 g/mol. The number of hydrogen-bond acceptors (Lipinski definition) is 0. The molecule has 0 fully saturated rings. The molecular formula is C48H60Cl2Si4Zr. The van der Waals surface area contributed by atoms with E-state index in [1.165, 1.54) is 57.3 Å². The van der Waals surface area contributed by atoms with Gasteiger partial charge in [-0.05, 0) is 44.5 Å². The van der Waals surface area contributed by atoms with Crippen molar-refractivity contribution in [3.8, 4) is 22.3 Å². The number of allylic oxidation sites excluding steroid dienone is 8. The van der Waals surface area contributed by atoms with Gasteiger partial charge >= 0.3 is 186 Å². The van der Waals surface area contributed by atoms with Crippen LogP contribution in [0, 0.1) is 0 Å². The first kappa shape index (κ1) is 44.3. The molecule has 0 bridgehead atoms. The van der Waals surface area contributed by atoms with Gasteiger partial charge in [0.2, 0.25) is 0 Å². The van der Waals surface area contributed by atoms with Gasteiger partial charge in [0, 0.05) is 11.8 Å². The van der Waals surface area contributed by atoms with Crippen molar-refractivity contribution < 1.29 is 48.0 Å². The molecule has 0 radical (unpaired) electrons. The maximum Gasteiger partial charge on any atom is 0.0211 e. The first-order valence-electron chi connectivity index (χ1n) is 19.9. The van der Waals surface area contributed by atoms with Crippen LogP contribution in [0.15, 0.2) is 137 Å². The van der Waals surface area contributed by atoms with E-state index in [4.69, 9.17) is 0 Å². The van der Waals surface area contributed by atoms with Crippen LogP contribution in [0.25, 0.3) is 22.3 Å². The van der Waals surface area contributed by atoms with Crippen molar-refractivity contribution in [3.63, 3.8) is 0 Å². The molecule has 0 heterocycles. The Bertz CT molecular complexity index is 1970. The second-order valence-corrected chi connectivity index (χ2v) is 43.4. The second-order valence-electron chi connectivity index (χ2n) is 19.8. The van der Waals surface area contributed by atoms with Gasteiger partial charge in [0.05, 0.1) is 0 Å². The molecule has 286 valence electrons. The van der Waals surface area contributed by atoms with Crippen molar-refractivity contribution in [3.05, 3.63) is 159 Å². The van der Waals surface area contributed by atoms with Crippen LogP contribution < -0.4 is 24.8 Å². The van der Waals surface area contributed by atoms with Crippen LogP contribution in [0.4, 0.5) is 0 Å². The third-order valence-corrected chi connectivity index (χ3v) is 25.4. The average Bonchev–Trinajstić information content (AvgIpc) is 3.86. The number of halogens is 2. The molecule has 0 spiro atoms. The van der Waals surface area contributed by atoms with E-state index < -0.39 is 55.5 Å². The summed E-state index contributed by atoms with van der Waals surface area (Å²) in [6.45, 7) is 30.9. The van der Waals surface area contributed by atoms with Gasteiger partial charge in [-0.3, -0.25) is 0 Å². The summed E-state index contributed by atoms with van der Waals surface area (Å²) >= 11 is -0.650.